The molecule has 0 aliphatic heterocycles. The number of phenols is 1. The van der Waals surface area contributed by atoms with E-state index in [-0.39, 0.29) is 11.3 Å². The Balaban J connectivity index is 1.59. The third kappa shape index (κ3) is 3.92. The van der Waals surface area contributed by atoms with Crippen LogP contribution in [-0.2, 0) is 4.79 Å². The van der Waals surface area contributed by atoms with E-state index in [2.05, 4.69) is 10.9 Å². The highest BCUT2D eigenvalue weighted by Gasteiger charge is 2.17. The van der Waals surface area contributed by atoms with Crippen molar-refractivity contribution in [2.75, 3.05) is 0 Å². The molecule has 0 saturated heterocycles. The number of nitrogens with one attached hydrogen (secondary N) is 2. The molecule has 0 spiro atoms. The number of ether oxygens (including phenoxy) is 1. The fourth-order valence-electron chi connectivity index (χ4n) is 2.45. The number of rotatable bonds is 4. The Hall–Kier alpha value is -3.54. The molecule has 0 aliphatic carbocycles. The summed E-state index contributed by atoms with van der Waals surface area (Å²) >= 11 is 0. The summed E-state index contributed by atoms with van der Waals surface area (Å²) < 4.78 is 5.63. The van der Waals surface area contributed by atoms with E-state index in [0.717, 1.165) is 10.8 Å². The zero-order valence-corrected chi connectivity index (χ0v) is 14.1. The summed E-state index contributed by atoms with van der Waals surface area (Å²) in [7, 11) is 0. The number of fused-ring (bicyclic) bond motifs is 1. The van der Waals surface area contributed by atoms with Gasteiger partial charge in [0.15, 0.2) is 6.10 Å². The highest BCUT2D eigenvalue weighted by Crippen LogP contribution is 2.21. The molecule has 1 unspecified atom stereocenters. The second-order valence-corrected chi connectivity index (χ2v) is 5.73. The normalized spacial score (nSPS) is 11.6. The molecule has 3 rings (SSSR count). The SMILES string of the molecule is CC(Oc1ccc2ccccc2c1)C(=O)NNC(=O)c1ccccc1O. The van der Waals surface area contributed by atoms with Crippen LogP contribution in [-0.4, -0.2) is 23.0 Å². The highest BCUT2D eigenvalue weighted by atomic mass is 16.5. The molecule has 0 aromatic heterocycles. The largest absolute Gasteiger partial charge is 0.507 e. The van der Waals surface area contributed by atoms with Gasteiger partial charge in [-0.3, -0.25) is 20.4 Å². The number of carbonyl (C=O) groups excluding carboxylic acids is 2. The van der Waals surface area contributed by atoms with E-state index >= 15 is 0 Å². The second-order valence-electron chi connectivity index (χ2n) is 5.73. The Morgan fingerprint density at radius 1 is 0.923 bits per heavy atom. The number of carbonyl (C=O) groups is 2. The Morgan fingerprint density at radius 2 is 1.62 bits per heavy atom. The molecule has 0 saturated carbocycles. The summed E-state index contributed by atoms with van der Waals surface area (Å²) in [6, 6.07) is 19.4. The van der Waals surface area contributed by atoms with Gasteiger partial charge in [0.05, 0.1) is 5.56 Å². The summed E-state index contributed by atoms with van der Waals surface area (Å²) in [5.74, 6) is -0.741. The molecule has 26 heavy (non-hydrogen) atoms. The highest BCUT2D eigenvalue weighted by molar-refractivity contribution is 5.98. The number of hydrazine groups is 1. The predicted molar refractivity (Wildman–Crippen MR) is 97.8 cm³/mol. The fraction of sp³-hybridized carbons (Fsp3) is 0.100. The number of aromatic hydroxyl groups is 1. The van der Waals surface area contributed by atoms with Gasteiger partial charge in [-0.2, -0.15) is 0 Å². The van der Waals surface area contributed by atoms with Crippen LogP contribution in [0.5, 0.6) is 11.5 Å². The number of hydrogen-bond donors (Lipinski definition) is 3. The minimum atomic E-state index is -0.819. The summed E-state index contributed by atoms with van der Waals surface area (Å²) in [6.07, 6.45) is -0.819. The quantitative estimate of drug-likeness (QED) is 0.632. The van der Waals surface area contributed by atoms with Gasteiger partial charge >= 0.3 is 0 Å². The van der Waals surface area contributed by atoms with Gasteiger partial charge in [0, 0.05) is 0 Å². The van der Waals surface area contributed by atoms with Crippen LogP contribution >= 0.6 is 0 Å². The molecule has 0 heterocycles. The first-order valence-corrected chi connectivity index (χ1v) is 8.08. The Labute approximate surface area is 150 Å². The Morgan fingerprint density at radius 3 is 2.38 bits per heavy atom. The maximum atomic E-state index is 12.1. The van der Waals surface area contributed by atoms with Crippen LogP contribution in [0.4, 0.5) is 0 Å². The molecule has 3 N–H and O–H groups in total. The van der Waals surface area contributed by atoms with Gasteiger partial charge in [-0.25, -0.2) is 0 Å². The average molecular weight is 350 g/mol. The molecule has 3 aromatic carbocycles. The summed E-state index contributed by atoms with van der Waals surface area (Å²) in [6.45, 7) is 1.58. The monoisotopic (exact) mass is 350 g/mol. The Bertz CT molecular complexity index is 955. The van der Waals surface area contributed by atoms with E-state index < -0.39 is 17.9 Å². The lowest BCUT2D eigenvalue weighted by molar-refractivity contribution is -0.128. The number of amides is 2. The van der Waals surface area contributed by atoms with E-state index in [4.69, 9.17) is 4.74 Å². The van der Waals surface area contributed by atoms with Crippen molar-refractivity contribution in [2.24, 2.45) is 0 Å². The fourth-order valence-corrected chi connectivity index (χ4v) is 2.45. The number of hydrogen-bond acceptors (Lipinski definition) is 4. The molecule has 0 bridgehead atoms. The van der Waals surface area contributed by atoms with E-state index in [0.29, 0.717) is 5.75 Å². The first-order valence-electron chi connectivity index (χ1n) is 8.08. The van der Waals surface area contributed by atoms with Gasteiger partial charge in [-0.15, -0.1) is 0 Å². The molecule has 6 nitrogen and oxygen atoms in total. The molecule has 3 aromatic rings. The van der Waals surface area contributed by atoms with Crippen LogP contribution in [0.3, 0.4) is 0 Å². The van der Waals surface area contributed by atoms with Gasteiger partial charge in [0.25, 0.3) is 11.8 Å². The van der Waals surface area contributed by atoms with Gasteiger partial charge in [0.2, 0.25) is 0 Å². The van der Waals surface area contributed by atoms with Gasteiger partial charge in [-0.05, 0) is 42.0 Å². The molecule has 0 aliphatic rings. The van der Waals surface area contributed by atoms with Crippen molar-refractivity contribution in [2.45, 2.75) is 13.0 Å². The first-order chi connectivity index (χ1) is 12.5. The summed E-state index contributed by atoms with van der Waals surface area (Å²) in [5, 5.41) is 11.7. The van der Waals surface area contributed by atoms with Crippen molar-refractivity contribution in [1.82, 2.24) is 10.9 Å². The van der Waals surface area contributed by atoms with E-state index in [9.17, 15) is 14.7 Å². The zero-order chi connectivity index (χ0) is 18.5. The molecule has 0 fully saturated rings. The average Bonchev–Trinajstić information content (AvgIpc) is 2.66. The van der Waals surface area contributed by atoms with Gasteiger partial charge in [-0.1, -0.05) is 42.5 Å². The first kappa shape index (κ1) is 17.3. The lowest BCUT2D eigenvalue weighted by Crippen LogP contribution is -2.47. The maximum Gasteiger partial charge on any atom is 0.279 e. The molecular weight excluding hydrogens is 332 g/mol. The van der Waals surface area contributed by atoms with Crippen molar-refractivity contribution >= 4 is 22.6 Å². The van der Waals surface area contributed by atoms with E-state index in [1.165, 1.54) is 12.1 Å². The minimum Gasteiger partial charge on any atom is -0.507 e. The van der Waals surface area contributed by atoms with Crippen LogP contribution < -0.4 is 15.6 Å². The van der Waals surface area contributed by atoms with Crippen molar-refractivity contribution in [3.05, 3.63) is 72.3 Å². The molecule has 0 radical (unpaired) electrons. The second kappa shape index (κ2) is 7.57. The minimum absolute atomic E-state index is 0.0656. The van der Waals surface area contributed by atoms with Gasteiger partial charge < -0.3 is 9.84 Å². The zero-order valence-electron chi connectivity index (χ0n) is 14.1. The smallest absolute Gasteiger partial charge is 0.279 e. The molecule has 6 heteroatoms. The van der Waals surface area contributed by atoms with Crippen molar-refractivity contribution in [1.29, 1.82) is 0 Å². The van der Waals surface area contributed by atoms with E-state index in [1.54, 1.807) is 25.1 Å². The third-order valence-corrected chi connectivity index (χ3v) is 3.85. The van der Waals surface area contributed by atoms with Crippen molar-refractivity contribution in [3.63, 3.8) is 0 Å². The van der Waals surface area contributed by atoms with E-state index in [1.807, 2.05) is 36.4 Å². The lowest BCUT2D eigenvalue weighted by Gasteiger charge is -2.15. The predicted octanol–water partition coefficient (Wildman–Crippen LogP) is 2.77. The summed E-state index contributed by atoms with van der Waals surface area (Å²) in [5.41, 5.74) is 4.61. The Kier molecular flexibility index (Phi) is 5.03. The standard InChI is InChI=1S/C20H18N2O4/c1-13(26-16-11-10-14-6-2-3-7-15(14)12-16)19(24)21-22-20(25)17-8-4-5-9-18(17)23/h2-13,23H,1H3,(H,21,24)(H,22,25). The van der Waals surface area contributed by atoms with Crippen LogP contribution in [0.2, 0.25) is 0 Å². The van der Waals surface area contributed by atoms with Crippen LogP contribution in [0, 0.1) is 0 Å². The van der Waals surface area contributed by atoms with Crippen molar-refractivity contribution < 1.29 is 19.4 Å². The molecule has 1 atom stereocenters. The molecular formula is C20H18N2O4. The lowest BCUT2D eigenvalue weighted by atomic mass is 10.1. The van der Waals surface area contributed by atoms with Crippen LogP contribution in [0.1, 0.15) is 17.3 Å². The number of para-hydroxylation sites is 1. The van der Waals surface area contributed by atoms with Crippen LogP contribution in [0.15, 0.2) is 66.7 Å². The molecule has 132 valence electrons. The van der Waals surface area contributed by atoms with Gasteiger partial charge in [0.1, 0.15) is 11.5 Å². The number of phenolic OH excluding ortho intramolecular Hbond substituents is 1. The summed E-state index contributed by atoms with van der Waals surface area (Å²) in [4.78, 5) is 24.1. The third-order valence-electron chi connectivity index (χ3n) is 3.85. The molecule has 2 amide bonds. The number of benzene rings is 3. The van der Waals surface area contributed by atoms with Crippen LogP contribution in [0.25, 0.3) is 10.8 Å². The topological polar surface area (TPSA) is 87.7 Å². The van der Waals surface area contributed by atoms with Crippen molar-refractivity contribution in [3.8, 4) is 11.5 Å². The maximum absolute atomic E-state index is 12.1.